The van der Waals surface area contributed by atoms with Crippen LogP contribution in [0.15, 0.2) is 42.1 Å². The van der Waals surface area contributed by atoms with Crippen molar-refractivity contribution >= 4 is 13.1 Å². The SMILES string of the molecule is C=C(O)/C(=C\C(F)Oc1cc(CC)ccc1CC(=O)OCC)B1OC(C)(C)C(C)(C)O1. The summed E-state index contributed by atoms with van der Waals surface area (Å²) in [6.45, 7) is 14.9. The molecule has 1 atom stereocenters. The Morgan fingerprint density at radius 1 is 1.26 bits per heavy atom. The highest BCUT2D eigenvalue weighted by Gasteiger charge is 2.53. The van der Waals surface area contributed by atoms with Crippen LogP contribution in [0, 0.1) is 0 Å². The van der Waals surface area contributed by atoms with Crippen molar-refractivity contribution in [1.82, 2.24) is 0 Å². The van der Waals surface area contributed by atoms with Crippen molar-refractivity contribution in [2.45, 2.75) is 71.9 Å². The minimum Gasteiger partial charge on any atom is -0.509 e. The molecule has 1 saturated heterocycles. The molecule has 1 fully saturated rings. The van der Waals surface area contributed by atoms with E-state index in [1.165, 1.54) is 0 Å². The van der Waals surface area contributed by atoms with E-state index in [1.807, 2.05) is 40.7 Å². The molecular weight excluding hydrogens is 402 g/mol. The molecule has 0 saturated carbocycles. The van der Waals surface area contributed by atoms with Crippen LogP contribution in [0.2, 0.25) is 0 Å². The number of aryl methyl sites for hydroxylation is 1. The molecule has 0 radical (unpaired) electrons. The van der Waals surface area contributed by atoms with E-state index in [4.69, 9.17) is 18.8 Å². The third-order valence-electron chi connectivity index (χ3n) is 5.57. The summed E-state index contributed by atoms with van der Waals surface area (Å²) in [4.78, 5) is 11.9. The van der Waals surface area contributed by atoms with E-state index in [-0.39, 0.29) is 30.0 Å². The molecule has 1 N–H and O–H groups in total. The number of carbonyl (C=O) groups excluding carboxylic acids is 1. The number of aliphatic hydroxyl groups excluding tert-OH is 1. The lowest BCUT2D eigenvalue weighted by Crippen LogP contribution is -2.41. The highest BCUT2D eigenvalue weighted by molar-refractivity contribution is 6.56. The topological polar surface area (TPSA) is 74.2 Å². The van der Waals surface area contributed by atoms with E-state index >= 15 is 0 Å². The molecule has 0 aliphatic carbocycles. The maximum Gasteiger partial charge on any atom is 0.498 e. The van der Waals surface area contributed by atoms with Gasteiger partial charge in [-0.1, -0.05) is 25.6 Å². The van der Waals surface area contributed by atoms with Crippen LogP contribution in [0.25, 0.3) is 0 Å². The first-order valence-corrected chi connectivity index (χ1v) is 10.4. The summed E-state index contributed by atoms with van der Waals surface area (Å²) >= 11 is 0. The first-order chi connectivity index (χ1) is 14.4. The Morgan fingerprint density at radius 3 is 2.39 bits per heavy atom. The van der Waals surface area contributed by atoms with Gasteiger partial charge in [0.1, 0.15) is 11.5 Å². The number of halogens is 1. The lowest BCUT2D eigenvalue weighted by atomic mass is 9.77. The third-order valence-corrected chi connectivity index (χ3v) is 5.57. The molecule has 2 rings (SSSR count). The minimum atomic E-state index is -1.94. The van der Waals surface area contributed by atoms with Gasteiger partial charge in [-0.05, 0) is 58.7 Å². The average Bonchev–Trinajstić information content (AvgIpc) is 2.88. The van der Waals surface area contributed by atoms with Crippen molar-refractivity contribution in [1.29, 1.82) is 0 Å². The molecule has 0 bridgehead atoms. The van der Waals surface area contributed by atoms with Gasteiger partial charge in [0.2, 0.25) is 0 Å². The number of carbonyl (C=O) groups is 1. The van der Waals surface area contributed by atoms with Crippen LogP contribution in [-0.2, 0) is 31.7 Å². The van der Waals surface area contributed by atoms with Crippen LogP contribution in [0.1, 0.15) is 52.7 Å². The smallest absolute Gasteiger partial charge is 0.498 e. The predicted octanol–water partition coefficient (Wildman–Crippen LogP) is 4.66. The van der Waals surface area contributed by atoms with Crippen LogP contribution in [0.3, 0.4) is 0 Å². The van der Waals surface area contributed by atoms with Crippen molar-refractivity contribution < 1.29 is 33.1 Å². The average molecular weight is 434 g/mol. The molecule has 0 amide bonds. The van der Waals surface area contributed by atoms with Gasteiger partial charge in [0, 0.05) is 11.0 Å². The minimum absolute atomic E-state index is 0.0413. The molecule has 0 aromatic heterocycles. The summed E-state index contributed by atoms with van der Waals surface area (Å²) in [5.74, 6) is -0.573. The highest BCUT2D eigenvalue weighted by atomic mass is 19.1. The Kier molecular flexibility index (Phi) is 7.95. The molecule has 1 aliphatic rings. The van der Waals surface area contributed by atoms with E-state index < -0.39 is 30.6 Å². The number of esters is 1. The van der Waals surface area contributed by atoms with Crippen molar-refractivity contribution in [2.75, 3.05) is 6.61 Å². The number of ether oxygens (including phenoxy) is 2. The Hall–Kier alpha value is -2.32. The van der Waals surface area contributed by atoms with Gasteiger partial charge in [-0.15, -0.1) is 0 Å². The number of benzene rings is 1. The standard InChI is InChI=1S/C23H32BFO6/c1-8-16-10-11-17(13-21(27)28-9-2)19(12-16)29-20(25)14-18(15(3)26)24-30-22(4,5)23(6,7)31-24/h10-12,14,20,26H,3,8-9,13H2,1-2,4-7H3/b18-14+. The maximum absolute atomic E-state index is 15.0. The largest absolute Gasteiger partial charge is 0.509 e. The van der Waals surface area contributed by atoms with Gasteiger partial charge in [0.15, 0.2) is 0 Å². The molecule has 170 valence electrons. The van der Waals surface area contributed by atoms with Crippen LogP contribution in [0.4, 0.5) is 4.39 Å². The zero-order chi connectivity index (χ0) is 23.4. The Labute approximate surface area is 184 Å². The number of hydrogen-bond donors (Lipinski definition) is 1. The number of aliphatic hydroxyl groups is 1. The third kappa shape index (κ3) is 6.11. The van der Waals surface area contributed by atoms with Crippen molar-refractivity contribution in [3.8, 4) is 5.75 Å². The fourth-order valence-electron chi connectivity index (χ4n) is 3.02. The van der Waals surface area contributed by atoms with Gasteiger partial charge in [-0.25, -0.2) is 0 Å². The summed E-state index contributed by atoms with van der Waals surface area (Å²) in [5, 5.41) is 10.0. The molecule has 1 heterocycles. The number of alkyl halides is 1. The maximum atomic E-state index is 15.0. The second kappa shape index (κ2) is 9.87. The Balaban J connectivity index is 2.28. The van der Waals surface area contributed by atoms with Crippen molar-refractivity contribution in [2.24, 2.45) is 0 Å². The van der Waals surface area contributed by atoms with Gasteiger partial charge in [0.05, 0.1) is 24.2 Å². The molecule has 1 aliphatic heterocycles. The zero-order valence-corrected chi connectivity index (χ0v) is 19.2. The molecule has 1 aromatic rings. The second-order valence-corrected chi connectivity index (χ2v) is 8.40. The van der Waals surface area contributed by atoms with Crippen LogP contribution in [-0.4, -0.2) is 42.4 Å². The summed E-state index contributed by atoms with van der Waals surface area (Å²) in [7, 11) is -0.995. The molecule has 1 aromatic carbocycles. The first-order valence-electron chi connectivity index (χ1n) is 10.4. The fourth-order valence-corrected chi connectivity index (χ4v) is 3.02. The summed E-state index contributed by atoms with van der Waals surface area (Å²) < 4.78 is 37.2. The van der Waals surface area contributed by atoms with Crippen LogP contribution < -0.4 is 4.74 Å². The second-order valence-electron chi connectivity index (χ2n) is 8.40. The molecular formula is C23H32BFO6. The van der Waals surface area contributed by atoms with Gasteiger partial charge in [-0.2, -0.15) is 4.39 Å². The van der Waals surface area contributed by atoms with Gasteiger partial charge >= 0.3 is 13.1 Å². The monoisotopic (exact) mass is 434 g/mol. The van der Waals surface area contributed by atoms with E-state index in [0.717, 1.165) is 18.1 Å². The van der Waals surface area contributed by atoms with Crippen LogP contribution in [0.5, 0.6) is 5.75 Å². The Morgan fingerprint density at radius 2 is 1.87 bits per heavy atom. The van der Waals surface area contributed by atoms with E-state index in [1.54, 1.807) is 19.1 Å². The normalized spacial score (nSPS) is 18.5. The number of hydrogen-bond acceptors (Lipinski definition) is 6. The quantitative estimate of drug-likeness (QED) is 0.264. The van der Waals surface area contributed by atoms with E-state index in [9.17, 15) is 14.3 Å². The number of allylic oxidation sites excluding steroid dienone is 1. The van der Waals surface area contributed by atoms with Crippen LogP contribution >= 0.6 is 0 Å². The van der Waals surface area contributed by atoms with E-state index in [0.29, 0.717) is 5.56 Å². The van der Waals surface area contributed by atoms with Crippen molar-refractivity contribution in [3.05, 3.63) is 53.2 Å². The van der Waals surface area contributed by atoms with Gasteiger partial charge < -0.3 is 23.9 Å². The molecule has 1 unspecified atom stereocenters. The van der Waals surface area contributed by atoms with Crippen molar-refractivity contribution in [3.63, 3.8) is 0 Å². The zero-order valence-electron chi connectivity index (χ0n) is 19.2. The summed E-state index contributed by atoms with van der Waals surface area (Å²) in [5.41, 5.74) is 0.149. The Bertz CT molecular complexity index is 832. The highest BCUT2D eigenvalue weighted by Crippen LogP contribution is 2.39. The lowest BCUT2D eigenvalue weighted by molar-refractivity contribution is -0.142. The molecule has 6 nitrogen and oxygen atoms in total. The fraction of sp³-hybridized carbons (Fsp3) is 0.522. The molecule has 31 heavy (non-hydrogen) atoms. The van der Waals surface area contributed by atoms with Gasteiger partial charge in [-0.3, -0.25) is 4.79 Å². The number of rotatable bonds is 9. The first kappa shape index (κ1) is 24.9. The van der Waals surface area contributed by atoms with E-state index in [2.05, 4.69) is 6.58 Å². The lowest BCUT2D eigenvalue weighted by Gasteiger charge is -2.32. The van der Waals surface area contributed by atoms with Gasteiger partial charge in [0.25, 0.3) is 6.36 Å². The summed E-state index contributed by atoms with van der Waals surface area (Å²) in [6, 6.07) is 5.27. The molecule has 0 spiro atoms. The predicted molar refractivity (Wildman–Crippen MR) is 118 cm³/mol. The molecule has 8 heteroatoms. The summed E-state index contributed by atoms with van der Waals surface area (Å²) in [6.07, 6.45) is -0.196.